The van der Waals surface area contributed by atoms with E-state index in [2.05, 4.69) is 15.2 Å². The standard InChI is InChI=1S/C17H26N4O4/c1-17(2,3)25-15(22)11-12-7-9-20(10-8-12)14-6-5-13(21(23)24)16(18-4)19-14/h5-6,12H,7-11H2,1-4H3,(H,18,19). The van der Waals surface area contributed by atoms with E-state index in [0.717, 1.165) is 25.9 Å². The van der Waals surface area contributed by atoms with Gasteiger partial charge in [-0.3, -0.25) is 14.9 Å². The normalized spacial score (nSPS) is 15.8. The Kier molecular flexibility index (Phi) is 5.81. The molecule has 138 valence electrons. The molecule has 0 amide bonds. The van der Waals surface area contributed by atoms with Crippen molar-refractivity contribution in [1.82, 2.24) is 4.98 Å². The first-order chi connectivity index (χ1) is 11.7. The number of aromatic nitrogens is 1. The number of nitro groups is 1. The minimum absolute atomic E-state index is 0.0361. The van der Waals surface area contributed by atoms with E-state index in [0.29, 0.717) is 18.2 Å². The van der Waals surface area contributed by atoms with E-state index in [1.54, 1.807) is 13.1 Å². The number of carbonyl (C=O) groups excluding carboxylic acids is 1. The predicted octanol–water partition coefficient (Wildman–Crippen LogP) is 2.98. The maximum atomic E-state index is 11.9. The molecule has 1 aliphatic heterocycles. The van der Waals surface area contributed by atoms with Gasteiger partial charge in [0.05, 0.1) is 4.92 Å². The van der Waals surface area contributed by atoms with Crippen LogP contribution in [-0.4, -0.2) is 41.6 Å². The van der Waals surface area contributed by atoms with Gasteiger partial charge in [0.2, 0.25) is 5.82 Å². The second-order valence-electron chi connectivity index (χ2n) is 7.27. The van der Waals surface area contributed by atoms with Crippen molar-refractivity contribution in [3.05, 3.63) is 22.2 Å². The number of piperidine rings is 1. The highest BCUT2D eigenvalue weighted by Crippen LogP contribution is 2.29. The molecule has 1 aromatic heterocycles. The van der Waals surface area contributed by atoms with Gasteiger partial charge >= 0.3 is 11.7 Å². The Balaban J connectivity index is 1.94. The lowest BCUT2D eigenvalue weighted by atomic mass is 9.93. The Morgan fingerprint density at radius 2 is 2.04 bits per heavy atom. The Hall–Kier alpha value is -2.38. The van der Waals surface area contributed by atoms with Crippen molar-refractivity contribution in [3.63, 3.8) is 0 Å². The van der Waals surface area contributed by atoms with Crippen LogP contribution in [0.4, 0.5) is 17.3 Å². The summed E-state index contributed by atoms with van der Waals surface area (Å²) in [5.41, 5.74) is -0.490. The zero-order valence-electron chi connectivity index (χ0n) is 15.2. The molecule has 0 spiro atoms. The molecule has 0 radical (unpaired) electrons. The Bertz CT molecular complexity index is 634. The number of pyridine rings is 1. The van der Waals surface area contributed by atoms with Gasteiger partial charge in [0.15, 0.2) is 0 Å². The predicted molar refractivity (Wildman–Crippen MR) is 95.8 cm³/mol. The summed E-state index contributed by atoms with van der Waals surface area (Å²) in [5.74, 6) is 1.12. The summed E-state index contributed by atoms with van der Waals surface area (Å²) in [7, 11) is 1.62. The number of rotatable bonds is 5. The Labute approximate surface area is 147 Å². The second-order valence-corrected chi connectivity index (χ2v) is 7.27. The van der Waals surface area contributed by atoms with Gasteiger partial charge < -0.3 is 15.0 Å². The molecule has 1 aromatic rings. The maximum Gasteiger partial charge on any atom is 0.311 e. The second kappa shape index (κ2) is 7.67. The monoisotopic (exact) mass is 350 g/mol. The Morgan fingerprint density at radius 1 is 1.40 bits per heavy atom. The third-order valence-electron chi connectivity index (χ3n) is 4.11. The molecule has 0 unspecified atom stereocenters. The van der Waals surface area contributed by atoms with E-state index >= 15 is 0 Å². The SMILES string of the molecule is CNc1nc(N2CCC(CC(=O)OC(C)(C)C)CC2)ccc1[N+](=O)[O-]. The van der Waals surface area contributed by atoms with E-state index < -0.39 is 10.5 Å². The summed E-state index contributed by atoms with van der Waals surface area (Å²) in [6.45, 7) is 7.14. The van der Waals surface area contributed by atoms with Crippen LogP contribution in [0.25, 0.3) is 0 Å². The number of hydrogen-bond donors (Lipinski definition) is 1. The minimum atomic E-state index is -0.454. The maximum absolute atomic E-state index is 11.9. The zero-order valence-corrected chi connectivity index (χ0v) is 15.2. The van der Waals surface area contributed by atoms with Crippen LogP contribution in [0, 0.1) is 16.0 Å². The van der Waals surface area contributed by atoms with Gasteiger partial charge in [-0.15, -0.1) is 0 Å². The summed E-state index contributed by atoms with van der Waals surface area (Å²) < 4.78 is 5.38. The van der Waals surface area contributed by atoms with Crippen LogP contribution in [0.2, 0.25) is 0 Å². The van der Waals surface area contributed by atoms with Crippen LogP contribution in [-0.2, 0) is 9.53 Å². The molecule has 1 saturated heterocycles. The van der Waals surface area contributed by atoms with Crippen molar-refractivity contribution in [1.29, 1.82) is 0 Å². The molecule has 1 fully saturated rings. The first-order valence-electron chi connectivity index (χ1n) is 8.49. The minimum Gasteiger partial charge on any atom is -0.460 e. The summed E-state index contributed by atoms with van der Waals surface area (Å²) in [5, 5.41) is 13.8. The number of ether oxygens (including phenoxy) is 1. The zero-order chi connectivity index (χ0) is 18.6. The molecule has 0 atom stereocenters. The third-order valence-corrected chi connectivity index (χ3v) is 4.11. The first kappa shape index (κ1) is 19.0. The lowest BCUT2D eigenvalue weighted by molar-refractivity contribution is -0.384. The van der Waals surface area contributed by atoms with Gasteiger partial charge in [-0.05, 0) is 45.6 Å². The first-order valence-corrected chi connectivity index (χ1v) is 8.49. The summed E-state index contributed by atoms with van der Waals surface area (Å²) >= 11 is 0. The fraction of sp³-hybridized carbons (Fsp3) is 0.647. The molecule has 2 rings (SSSR count). The summed E-state index contributed by atoms with van der Waals surface area (Å²) in [4.78, 5) is 28.9. The van der Waals surface area contributed by atoms with Gasteiger partial charge in [0, 0.05) is 32.6 Å². The fourth-order valence-electron chi connectivity index (χ4n) is 2.93. The topological polar surface area (TPSA) is 97.6 Å². The van der Waals surface area contributed by atoms with Crippen LogP contribution in [0.1, 0.15) is 40.0 Å². The average Bonchev–Trinajstić information content (AvgIpc) is 2.53. The number of nitrogens with zero attached hydrogens (tertiary/aromatic N) is 3. The van der Waals surface area contributed by atoms with Gasteiger partial charge in [0.25, 0.3) is 0 Å². The highest BCUT2D eigenvalue weighted by Gasteiger charge is 2.26. The largest absolute Gasteiger partial charge is 0.460 e. The lowest BCUT2D eigenvalue weighted by Gasteiger charge is -2.33. The van der Waals surface area contributed by atoms with E-state index in [1.165, 1.54) is 6.07 Å². The number of anilines is 2. The molecule has 0 aliphatic carbocycles. The highest BCUT2D eigenvalue weighted by molar-refractivity contribution is 5.70. The van der Waals surface area contributed by atoms with Crippen molar-refractivity contribution >= 4 is 23.3 Å². The van der Waals surface area contributed by atoms with Crippen molar-refractivity contribution < 1.29 is 14.5 Å². The van der Waals surface area contributed by atoms with Gasteiger partial charge in [0.1, 0.15) is 11.4 Å². The molecular weight excluding hydrogens is 324 g/mol. The summed E-state index contributed by atoms with van der Waals surface area (Å²) in [6, 6.07) is 3.15. The van der Waals surface area contributed by atoms with E-state index in [9.17, 15) is 14.9 Å². The number of hydrogen-bond acceptors (Lipinski definition) is 7. The van der Waals surface area contributed by atoms with Crippen molar-refractivity contribution in [3.8, 4) is 0 Å². The van der Waals surface area contributed by atoms with E-state index in [-0.39, 0.29) is 17.5 Å². The molecule has 8 nitrogen and oxygen atoms in total. The molecule has 0 aromatic carbocycles. The smallest absolute Gasteiger partial charge is 0.311 e. The molecule has 1 aliphatic rings. The molecule has 0 bridgehead atoms. The molecule has 2 heterocycles. The van der Waals surface area contributed by atoms with Crippen molar-refractivity contribution in [2.45, 2.75) is 45.6 Å². The van der Waals surface area contributed by atoms with Crippen molar-refractivity contribution in [2.24, 2.45) is 5.92 Å². The Morgan fingerprint density at radius 3 is 2.56 bits per heavy atom. The molecule has 8 heteroatoms. The average molecular weight is 350 g/mol. The van der Waals surface area contributed by atoms with Crippen LogP contribution in [0.3, 0.4) is 0 Å². The third kappa shape index (κ3) is 5.30. The van der Waals surface area contributed by atoms with Gasteiger partial charge in [-0.2, -0.15) is 0 Å². The van der Waals surface area contributed by atoms with Gasteiger partial charge in [-0.25, -0.2) is 4.98 Å². The molecular formula is C17H26N4O4. The van der Waals surface area contributed by atoms with E-state index in [1.807, 2.05) is 20.8 Å². The highest BCUT2D eigenvalue weighted by atomic mass is 16.6. The van der Waals surface area contributed by atoms with Crippen molar-refractivity contribution in [2.75, 3.05) is 30.4 Å². The van der Waals surface area contributed by atoms with Crippen LogP contribution in [0.15, 0.2) is 12.1 Å². The molecule has 25 heavy (non-hydrogen) atoms. The molecule has 0 saturated carbocycles. The number of nitrogens with one attached hydrogen (secondary N) is 1. The molecule has 1 N–H and O–H groups in total. The van der Waals surface area contributed by atoms with Gasteiger partial charge in [-0.1, -0.05) is 0 Å². The quantitative estimate of drug-likeness (QED) is 0.495. The number of carbonyl (C=O) groups is 1. The fourth-order valence-corrected chi connectivity index (χ4v) is 2.93. The van der Waals surface area contributed by atoms with Crippen LogP contribution < -0.4 is 10.2 Å². The summed E-state index contributed by atoms with van der Waals surface area (Å²) in [6.07, 6.45) is 2.17. The van der Waals surface area contributed by atoms with Crippen LogP contribution in [0.5, 0.6) is 0 Å². The van der Waals surface area contributed by atoms with E-state index in [4.69, 9.17) is 4.74 Å². The van der Waals surface area contributed by atoms with Crippen LogP contribution >= 0.6 is 0 Å². The number of esters is 1. The lowest BCUT2D eigenvalue weighted by Crippen LogP contribution is -2.35.